The fraction of sp³-hybridized carbons (Fsp3) is 0.562. The van der Waals surface area contributed by atoms with Gasteiger partial charge in [-0.25, -0.2) is 0 Å². The largest absolute Gasteiger partial charge is 0.491 e. The maximum Gasteiger partial charge on any atom is 0.248 e. The Morgan fingerprint density at radius 3 is 2.86 bits per heavy atom. The minimum Gasteiger partial charge on any atom is -0.491 e. The van der Waals surface area contributed by atoms with E-state index >= 15 is 0 Å². The van der Waals surface area contributed by atoms with Gasteiger partial charge in [0, 0.05) is 12.1 Å². The summed E-state index contributed by atoms with van der Waals surface area (Å²) in [4.78, 5) is 13.4. The highest BCUT2D eigenvalue weighted by Gasteiger charge is 2.18. The number of nitrogens with zero attached hydrogens (tertiary/aromatic N) is 1. The first-order valence-electron chi connectivity index (χ1n) is 7.47. The van der Waals surface area contributed by atoms with Gasteiger partial charge >= 0.3 is 0 Å². The molecule has 1 atom stereocenters. The van der Waals surface area contributed by atoms with Gasteiger partial charge in [-0.15, -0.1) is 0 Å². The summed E-state index contributed by atoms with van der Waals surface area (Å²) >= 11 is 0. The molecule has 3 N–H and O–H groups in total. The lowest BCUT2D eigenvalue weighted by molar-refractivity contribution is 0.0563. The molecule has 0 aromatic heterocycles. The summed E-state index contributed by atoms with van der Waals surface area (Å²) < 4.78 is 5.54. The van der Waals surface area contributed by atoms with Crippen molar-refractivity contribution >= 4 is 5.91 Å². The van der Waals surface area contributed by atoms with Crippen molar-refractivity contribution in [2.24, 2.45) is 11.7 Å². The van der Waals surface area contributed by atoms with Crippen LogP contribution in [0.3, 0.4) is 0 Å². The quantitative estimate of drug-likeness (QED) is 0.827. The molecule has 5 nitrogen and oxygen atoms in total. The summed E-state index contributed by atoms with van der Waals surface area (Å²) in [7, 11) is 0. The maximum atomic E-state index is 11.1. The molecule has 0 radical (unpaired) electrons. The van der Waals surface area contributed by atoms with Crippen molar-refractivity contribution in [2.75, 3.05) is 26.2 Å². The van der Waals surface area contributed by atoms with E-state index in [1.54, 1.807) is 24.3 Å². The predicted octanol–water partition coefficient (Wildman–Crippen LogP) is 1.26. The highest BCUT2D eigenvalue weighted by atomic mass is 16.5. The minimum atomic E-state index is -0.532. The van der Waals surface area contributed by atoms with Gasteiger partial charge in [-0.1, -0.05) is 13.0 Å². The topological polar surface area (TPSA) is 75.8 Å². The number of benzene rings is 1. The van der Waals surface area contributed by atoms with E-state index in [-0.39, 0.29) is 6.61 Å². The lowest BCUT2D eigenvalue weighted by Gasteiger charge is -2.31. The van der Waals surface area contributed by atoms with Crippen LogP contribution in [0.1, 0.15) is 30.1 Å². The molecule has 1 heterocycles. The summed E-state index contributed by atoms with van der Waals surface area (Å²) in [6.07, 6.45) is 1.85. The number of primary amides is 1. The smallest absolute Gasteiger partial charge is 0.248 e. The van der Waals surface area contributed by atoms with Crippen molar-refractivity contribution in [3.05, 3.63) is 29.8 Å². The zero-order valence-electron chi connectivity index (χ0n) is 12.5. The van der Waals surface area contributed by atoms with E-state index in [2.05, 4.69) is 11.8 Å². The molecule has 5 heteroatoms. The Labute approximate surface area is 125 Å². The maximum absolute atomic E-state index is 11.1. The van der Waals surface area contributed by atoms with Crippen LogP contribution < -0.4 is 10.5 Å². The lowest BCUT2D eigenvalue weighted by Crippen LogP contribution is -2.40. The minimum absolute atomic E-state index is 0.217. The molecule has 1 unspecified atom stereocenters. The molecule has 1 aromatic rings. The van der Waals surface area contributed by atoms with E-state index in [1.165, 1.54) is 12.8 Å². The third-order valence-electron chi connectivity index (χ3n) is 3.91. The molecule has 1 aliphatic heterocycles. The number of rotatable bonds is 6. The number of aliphatic hydroxyl groups is 1. The highest BCUT2D eigenvalue weighted by molar-refractivity contribution is 5.93. The van der Waals surface area contributed by atoms with Crippen molar-refractivity contribution in [1.82, 2.24) is 4.90 Å². The van der Waals surface area contributed by atoms with Crippen molar-refractivity contribution in [1.29, 1.82) is 0 Å². The molecule has 1 aliphatic rings. The monoisotopic (exact) mass is 292 g/mol. The number of ether oxygens (including phenoxy) is 1. The Morgan fingerprint density at radius 1 is 1.48 bits per heavy atom. The Bertz CT molecular complexity index is 470. The van der Waals surface area contributed by atoms with Crippen LogP contribution in [0.4, 0.5) is 0 Å². The summed E-state index contributed by atoms with van der Waals surface area (Å²) in [5.41, 5.74) is 5.63. The van der Waals surface area contributed by atoms with Crippen LogP contribution in [0.2, 0.25) is 0 Å². The van der Waals surface area contributed by atoms with Gasteiger partial charge in [0.15, 0.2) is 0 Å². The molecule has 0 aliphatic carbocycles. The summed E-state index contributed by atoms with van der Waals surface area (Å²) in [5.74, 6) is 0.854. The van der Waals surface area contributed by atoms with E-state index in [9.17, 15) is 9.90 Å². The van der Waals surface area contributed by atoms with Gasteiger partial charge in [-0.05, 0) is 50.0 Å². The molecule has 1 amide bonds. The van der Waals surface area contributed by atoms with Crippen molar-refractivity contribution in [3.8, 4) is 5.75 Å². The van der Waals surface area contributed by atoms with Crippen LogP contribution in [0.25, 0.3) is 0 Å². The fourth-order valence-electron chi connectivity index (χ4n) is 2.53. The molecule has 0 bridgehead atoms. The molecule has 1 saturated heterocycles. The lowest BCUT2D eigenvalue weighted by atomic mass is 9.99. The van der Waals surface area contributed by atoms with Gasteiger partial charge in [-0.2, -0.15) is 0 Å². The number of carbonyl (C=O) groups excluding carboxylic acids is 1. The van der Waals surface area contributed by atoms with Gasteiger partial charge in [0.2, 0.25) is 5.91 Å². The molecule has 21 heavy (non-hydrogen) atoms. The number of aliphatic hydroxyl groups excluding tert-OH is 1. The second kappa shape index (κ2) is 7.43. The molecule has 1 fully saturated rings. The first-order valence-corrected chi connectivity index (χ1v) is 7.47. The van der Waals surface area contributed by atoms with Gasteiger partial charge in [-0.3, -0.25) is 4.79 Å². The zero-order valence-corrected chi connectivity index (χ0v) is 12.5. The van der Waals surface area contributed by atoms with E-state index in [1.807, 2.05) is 0 Å². The summed E-state index contributed by atoms with van der Waals surface area (Å²) in [6.45, 7) is 5.18. The zero-order chi connectivity index (χ0) is 15.2. The standard InChI is InChI=1S/C16H24N2O3/c1-12-5-7-18(8-6-12)10-14(19)11-21-15-4-2-3-13(9-15)16(17)20/h2-4,9,12,14,19H,5-8,10-11H2,1H3,(H2,17,20). The van der Waals surface area contributed by atoms with Crippen molar-refractivity contribution in [3.63, 3.8) is 0 Å². The highest BCUT2D eigenvalue weighted by Crippen LogP contribution is 2.17. The molecule has 1 aromatic carbocycles. The molecule has 116 valence electrons. The molecule has 0 saturated carbocycles. The average Bonchev–Trinajstić information content (AvgIpc) is 2.48. The Balaban J connectivity index is 1.77. The first-order chi connectivity index (χ1) is 10.0. The molecule has 2 rings (SSSR count). The van der Waals surface area contributed by atoms with Gasteiger partial charge in [0.25, 0.3) is 0 Å². The summed E-state index contributed by atoms with van der Waals surface area (Å²) in [6, 6.07) is 6.70. The number of β-amino-alcohol motifs (C(OH)–C–C–N with tert-alkyl or cyclic N) is 1. The van der Waals surface area contributed by atoms with Crippen molar-refractivity contribution < 1.29 is 14.6 Å². The van der Waals surface area contributed by atoms with E-state index in [4.69, 9.17) is 10.5 Å². The Kier molecular flexibility index (Phi) is 5.59. The molecular formula is C16H24N2O3. The normalized spacial score (nSPS) is 18.4. The number of likely N-dealkylation sites (tertiary alicyclic amines) is 1. The van der Waals surface area contributed by atoms with Crippen LogP contribution in [-0.2, 0) is 0 Å². The number of piperidine rings is 1. The number of hydrogen-bond acceptors (Lipinski definition) is 4. The average molecular weight is 292 g/mol. The van der Waals surface area contributed by atoms with Crippen molar-refractivity contribution in [2.45, 2.75) is 25.9 Å². The second-order valence-corrected chi connectivity index (χ2v) is 5.84. The third kappa shape index (κ3) is 5.02. The number of nitrogens with two attached hydrogens (primary N) is 1. The van der Waals surface area contributed by atoms with Crippen LogP contribution in [0, 0.1) is 5.92 Å². The third-order valence-corrected chi connectivity index (χ3v) is 3.91. The summed E-state index contributed by atoms with van der Waals surface area (Å²) in [5, 5.41) is 10.0. The van der Waals surface area contributed by atoms with E-state index in [0.29, 0.717) is 17.9 Å². The van der Waals surface area contributed by atoms with E-state index in [0.717, 1.165) is 19.0 Å². The SMILES string of the molecule is CC1CCN(CC(O)COc2cccc(C(N)=O)c2)CC1. The van der Waals surface area contributed by atoms with E-state index < -0.39 is 12.0 Å². The number of carbonyl (C=O) groups is 1. The predicted molar refractivity (Wildman–Crippen MR) is 81.3 cm³/mol. The van der Waals surface area contributed by atoms with Gasteiger partial charge in [0.05, 0.1) is 0 Å². The number of hydrogen-bond donors (Lipinski definition) is 2. The van der Waals surface area contributed by atoms with Gasteiger partial charge < -0.3 is 20.5 Å². The van der Waals surface area contributed by atoms with Crippen LogP contribution in [0.15, 0.2) is 24.3 Å². The van der Waals surface area contributed by atoms with Crippen LogP contribution >= 0.6 is 0 Å². The second-order valence-electron chi connectivity index (χ2n) is 5.84. The molecular weight excluding hydrogens is 268 g/mol. The van der Waals surface area contributed by atoms with Crippen LogP contribution in [-0.4, -0.2) is 48.3 Å². The Hall–Kier alpha value is -1.59. The fourth-order valence-corrected chi connectivity index (χ4v) is 2.53. The number of amides is 1. The Morgan fingerprint density at radius 2 is 2.19 bits per heavy atom. The molecule has 0 spiro atoms. The van der Waals surface area contributed by atoms with Crippen LogP contribution in [0.5, 0.6) is 5.75 Å². The van der Waals surface area contributed by atoms with Gasteiger partial charge in [0.1, 0.15) is 18.5 Å². The first kappa shape index (κ1) is 15.8.